The van der Waals surface area contributed by atoms with Crippen LogP contribution in [0.15, 0.2) is 53.2 Å². The van der Waals surface area contributed by atoms with Gasteiger partial charge in [0, 0.05) is 5.56 Å². The number of aliphatic imine (C=N–C) groups is 1. The van der Waals surface area contributed by atoms with Gasteiger partial charge in [-0.25, -0.2) is 9.79 Å². The van der Waals surface area contributed by atoms with Crippen molar-refractivity contribution in [2.24, 2.45) is 4.99 Å². The summed E-state index contributed by atoms with van der Waals surface area (Å²) in [7, 11) is 3.17. The van der Waals surface area contributed by atoms with E-state index in [0.717, 1.165) is 12.0 Å². The Morgan fingerprint density at radius 3 is 2.67 bits per heavy atom. The lowest BCUT2D eigenvalue weighted by Gasteiger charge is -2.10. The molecule has 0 atom stereocenters. The fraction of sp³-hybridized carbons (Fsp3) is 0.238. The Balaban J connectivity index is 1.89. The van der Waals surface area contributed by atoms with E-state index in [1.165, 1.54) is 0 Å². The molecule has 0 N–H and O–H groups in total. The number of benzene rings is 2. The molecule has 0 aromatic heterocycles. The molecule has 2 aromatic carbocycles. The summed E-state index contributed by atoms with van der Waals surface area (Å²) in [5.74, 6) is 1.68. The molecule has 0 fully saturated rings. The van der Waals surface area contributed by atoms with E-state index < -0.39 is 5.97 Å². The van der Waals surface area contributed by atoms with Crippen molar-refractivity contribution in [3.8, 4) is 17.2 Å². The van der Waals surface area contributed by atoms with Crippen LogP contribution in [-0.2, 0) is 9.53 Å². The smallest absolute Gasteiger partial charge is 0.363 e. The maximum absolute atomic E-state index is 12.2. The number of ether oxygens (including phenoxy) is 4. The Kier molecular flexibility index (Phi) is 5.76. The van der Waals surface area contributed by atoms with E-state index in [4.69, 9.17) is 18.9 Å². The van der Waals surface area contributed by atoms with Gasteiger partial charge in [-0.2, -0.15) is 0 Å². The van der Waals surface area contributed by atoms with E-state index in [-0.39, 0.29) is 11.6 Å². The molecule has 0 saturated carbocycles. The van der Waals surface area contributed by atoms with E-state index >= 15 is 0 Å². The average Bonchev–Trinajstić information content (AvgIpc) is 3.07. The van der Waals surface area contributed by atoms with E-state index in [2.05, 4.69) is 4.99 Å². The summed E-state index contributed by atoms with van der Waals surface area (Å²) in [5.41, 5.74) is 1.66. The maximum atomic E-state index is 12.2. The third-order valence-corrected chi connectivity index (χ3v) is 3.89. The normalized spacial score (nSPS) is 14.7. The van der Waals surface area contributed by atoms with Crippen molar-refractivity contribution in [3.05, 3.63) is 59.3 Å². The SMILES string of the molecule is CCCOc1cc(/C=C2/N=C(c3cccc(OC)c3)OC2=O)ccc1OC. The second kappa shape index (κ2) is 8.40. The summed E-state index contributed by atoms with van der Waals surface area (Å²) in [5, 5.41) is 0. The molecule has 0 bridgehead atoms. The molecule has 140 valence electrons. The number of cyclic esters (lactones) is 1. The summed E-state index contributed by atoms with van der Waals surface area (Å²) >= 11 is 0. The zero-order valence-corrected chi connectivity index (χ0v) is 15.5. The Bertz CT molecular complexity index is 901. The number of hydrogen-bond donors (Lipinski definition) is 0. The number of nitrogens with zero attached hydrogens (tertiary/aromatic N) is 1. The van der Waals surface area contributed by atoms with Crippen molar-refractivity contribution in [2.45, 2.75) is 13.3 Å². The third-order valence-electron chi connectivity index (χ3n) is 3.89. The summed E-state index contributed by atoms with van der Waals surface area (Å²) in [4.78, 5) is 16.5. The highest BCUT2D eigenvalue weighted by Gasteiger charge is 2.24. The maximum Gasteiger partial charge on any atom is 0.363 e. The van der Waals surface area contributed by atoms with Crippen LogP contribution in [0.25, 0.3) is 6.08 Å². The molecular formula is C21H21NO5. The van der Waals surface area contributed by atoms with Gasteiger partial charge in [-0.1, -0.05) is 19.1 Å². The number of esters is 1. The van der Waals surface area contributed by atoms with E-state index in [9.17, 15) is 4.79 Å². The van der Waals surface area contributed by atoms with E-state index in [1.54, 1.807) is 32.4 Å². The van der Waals surface area contributed by atoms with Gasteiger partial charge in [-0.15, -0.1) is 0 Å². The van der Waals surface area contributed by atoms with Crippen LogP contribution in [0.4, 0.5) is 0 Å². The quantitative estimate of drug-likeness (QED) is 0.549. The fourth-order valence-corrected chi connectivity index (χ4v) is 2.55. The number of methoxy groups -OCH3 is 2. The molecule has 1 heterocycles. The van der Waals surface area contributed by atoms with Crippen molar-refractivity contribution in [2.75, 3.05) is 20.8 Å². The molecule has 0 spiro atoms. The highest BCUT2D eigenvalue weighted by atomic mass is 16.6. The zero-order chi connectivity index (χ0) is 19.2. The van der Waals surface area contributed by atoms with Gasteiger partial charge in [0.15, 0.2) is 17.2 Å². The van der Waals surface area contributed by atoms with Gasteiger partial charge in [-0.05, 0) is 48.4 Å². The average molecular weight is 367 g/mol. The molecule has 2 aromatic rings. The van der Waals surface area contributed by atoms with Crippen LogP contribution in [0.1, 0.15) is 24.5 Å². The monoisotopic (exact) mass is 367 g/mol. The topological polar surface area (TPSA) is 66.3 Å². The predicted octanol–water partition coefficient (Wildman–Crippen LogP) is 3.84. The molecule has 0 unspecified atom stereocenters. The van der Waals surface area contributed by atoms with E-state index in [0.29, 0.717) is 29.4 Å². The largest absolute Gasteiger partial charge is 0.497 e. The number of hydrogen-bond acceptors (Lipinski definition) is 6. The Hall–Kier alpha value is -3.28. The van der Waals surface area contributed by atoms with Gasteiger partial charge in [0.25, 0.3) is 0 Å². The van der Waals surface area contributed by atoms with Crippen molar-refractivity contribution in [3.63, 3.8) is 0 Å². The van der Waals surface area contributed by atoms with Gasteiger partial charge >= 0.3 is 5.97 Å². The third kappa shape index (κ3) is 4.28. The first-order chi connectivity index (χ1) is 13.1. The highest BCUT2D eigenvalue weighted by Crippen LogP contribution is 2.30. The lowest BCUT2D eigenvalue weighted by atomic mass is 10.1. The second-order valence-electron chi connectivity index (χ2n) is 5.83. The van der Waals surface area contributed by atoms with Gasteiger partial charge in [-0.3, -0.25) is 0 Å². The highest BCUT2D eigenvalue weighted by molar-refractivity contribution is 6.13. The minimum Gasteiger partial charge on any atom is -0.497 e. The van der Waals surface area contributed by atoms with Crippen molar-refractivity contribution >= 4 is 17.9 Å². The standard InChI is InChI=1S/C21H21NO5/c1-4-10-26-19-12-14(8-9-18(19)25-3)11-17-21(23)27-20(22-17)15-6-5-7-16(13-15)24-2/h5-9,11-13H,4,10H2,1-3H3/b17-11+. The number of carbonyl (C=O) groups is 1. The molecule has 27 heavy (non-hydrogen) atoms. The van der Waals surface area contributed by atoms with Crippen LogP contribution in [0, 0.1) is 0 Å². The Morgan fingerprint density at radius 2 is 1.93 bits per heavy atom. The van der Waals surface area contributed by atoms with Gasteiger partial charge in [0.05, 0.1) is 20.8 Å². The second-order valence-corrected chi connectivity index (χ2v) is 5.83. The molecule has 6 nitrogen and oxygen atoms in total. The lowest BCUT2D eigenvalue weighted by Crippen LogP contribution is -2.05. The fourth-order valence-electron chi connectivity index (χ4n) is 2.55. The van der Waals surface area contributed by atoms with Gasteiger partial charge < -0.3 is 18.9 Å². The summed E-state index contributed by atoms with van der Waals surface area (Å²) < 4.78 is 21.5. The van der Waals surface area contributed by atoms with Gasteiger partial charge in [0.1, 0.15) is 5.75 Å². The van der Waals surface area contributed by atoms with Crippen molar-refractivity contribution < 1.29 is 23.7 Å². The Morgan fingerprint density at radius 1 is 1.07 bits per heavy atom. The van der Waals surface area contributed by atoms with Crippen LogP contribution in [-0.4, -0.2) is 32.7 Å². The minimum absolute atomic E-state index is 0.222. The van der Waals surface area contributed by atoms with Gasteiger partial charge in [0.2, 0.25) is 5.90 Å². The predicted molar refractivity (Wildman–Crippen MR) is 102 cm³/mol. The summed E-state index contributed by atoms with van der Waals surface area (Å²) in [6.07, 6.45) is 2.54. The lowest BCUT2D eigenvalue weighted by molar-refractivity contribution is -0.129. The number of carbonyl (C=O) groups excluding carboxylic acids is 1. The van der Waals surface area contributed by atoms with Crippen LogP contribution >= 0.6 is 0 Å². The van der Waals surface area contributed by atoms with E-state index in [1.807, 2.05) is 37.3 Å². The van der Waals surface area contributed by atoms with Crippen molar-refractivity contribution in [1.29, 1.82) is 0 Å². The first kappa shape index (κ1) is 18.5. The zero-order valence-electron chi connectivity index (χ0n) is 15.5. The molecule has 0 amide bonds. The molecule has 0 saturated heterocycles. The molecule has 0 aliphatic carbocycles. The molecule has 1 aliphatic heterocycles. The molecular weight excluding hydrogens is 346 g/mol. The van der Waals surface area contributed by atoms with Crippen molar-refractivity contribution in [1.82, 2.24) is 0 Å². The molecule has 3 rings (SSSR count). The first-order valence-corrected chi connectivity index (χ1v) is 8.62. The summed E-state index contributed by atoms with van der Waals surface area (Å²) in [6.45, 7) is 2.61. The van der Waals surface area contributed by atoms with Crippen LogP contribution in [0.5, 0.6) is 17.2 Å². The molecule has 1 aliphatic rings. The van der Waals surface area contributed by atoms with Crippen LogP contribution in [0.2, 0.25) is 0 Å². The minimum atomic E-state index is -0.500. The molecule has 0 radical (unpaired) electrons. The first-order valence-electron chi connectivity index (χ1n) is 8.62. The molecule has 6 heteroatoms. The van der Waals surface area contributed by atoms with Crippen LogP contribution in [0.3, 0.4) is 0 Å². The summed E-state index contributed by atoms with van der Waals surface area (Å²) in [6, 6.07) is 12.6. The number of rotatable bonds is 7. The van der Waals surface area contributed by atoms with Crippen LogP contribution < -0.4 is 14.2 Å². The Labute approximate surface area is 158 Å².